The Hall–Kier alpha value is -1.89. The molecule has 0 saturated heterocycles. The highest BCUT2D eigenvalue weighted by Crippen LogP contribution is 2.20. The number of nitrogens with zero attached hydrogens (tertiary/aromatic N) is 1. The van der Waals surface area contributed by atoms with E-state index >= 15 is 0 Å². The molecule has 2 aromatic rings. The van der Waals surface area contributed by atoms with Crippen LogP contribution in [0.4, 0.5) is 5.69 Å². The molecule has 0 atom stereocenters. The van der Waals surface area contributed by atoms with Crippen LogP contribution in [-0.2, 0) is 21.2 Å². The third kappa shape index (κ3) is 4.35. The predicted octanol–water partition coefficient (Wildman–Crippen LogP) is 3.08. The van der Waals surface area contributed by atoms with E-state index in [0.717, 1.165) is 15.4 Å². The third-order valence-corrected chi connectivity index (χ3v) is 5.60. The second-order valence-corrected chi connectivity index (χ2v) is 8.20. The highest BCUT2D eigenvalue weighted by Gasteiger charge is 2.17. The number of anilines is 1. The fourth-order valence-electron chi connectivity index (χ4n) is 2.10. The summed E-state index contributed by atoms with van der Waals surface area (Å²) in [7, 11) is -0.511. The maximum absolute atomic E-state index is 12.2. The predicted molar refractivity (Wildman–Crippen MR) is 95.8 cm³/mol. The Balaban J connectivity index is 2.09. The Morgan fingerprint density at radius 3 is 2.33 bits per heavy atom. The smallest absolute Gasteiger partial charge is 0.242 e. The first-order chi connectivity index (χ1) is 11.2. The zero-order valence-corrected chi connectivity index (χ0v) is 15.3. The molecule has 0 heterocycles. The Labute approximate surface area is 147 Å². The number of amides is 1. The van der Waals surface area contributed by atoms with E-state index in [4.69, 9.17) is 11.6 Å². The van der Waals surface area contributed by atoms with Gasteiger partial charge in [0, 0.05) is 24.8 Å². The molecule has 0 radical (unpaired) electrons. The quantitative estimate of drug-likeness (QED) is 0.884. The SMILES string of the molecule is Cc1ccc(Cl)cc1NC(=O)Cc1ccc(S(=O)(=O)N(C)C)cc1. The summed E-state index contributed by atoms with van der Waals surface area (Å²) in [5.41, 5.74) is 2.31. The summed E-state index contributed by atoms with van der Waals surface area (Å²) in [5.74, 6) is -0.191. The van der Waals surface area contributed by atoms with Crippen LogP contribution >= 0.6 is 11.6 Å². The number of halogens is 1. The molecule has 24 heavy (non-hydrogen) atoms. The van der Waals surface area contributed by atoms with Crippen molar-refractivity contribution in [2.24, 2.45) is 0 Å². The number of hydrogen-bond acceptors (Lipinski definition) is 3. The lowest BCUT2D eigenvalue weighted by molar-refractivity contribution is -0.115. The van der Waals surface area contributed by atoms with Gasteiger partial charge in [-0.2, -0.15) is 0 Å². The lowest BCUT2D eigenvalue weighted by Gasteiger charge is -2.12. The minimum absolute atomic E-state index is 0.147. The molecule has 1 amide bonds. The van der Waals surface area contributed by atoms with Crippen molar-refractivity contribution in [2.75, 3.05) is 19.4 Å². The van der Waals surface area contributed by atoms with Gasteiger partial charge in [0.25, 0.3) is 0 Å². The largest absolute Gasteiger partial charge is 0.326 e. The fourth-order valence-corrected chi connectivity index (χ4v) is 3.17. The van der Waals surface area contributed by atoms with Gasteiger partial charge in [0.15, 0.2) is 0 Å². The summed E-state index contributed by atoms with van der Waals surface area (Å²) in [5, 5.41) is 3.36. The second-order valence-electron chi connectivity index (χ2n) is 5.62. The number of sulfonamides is 1. The molecule has 0 aliphatic heterocycles. The molecule has 0 aliphatic rings. The Kier molecular flexibility index (Phi) is 5.64. The number of carbonyl (C=O) groups excluding carboxylic acids is 1. The first kappa shape index (κ1) is 18.4. The number of hydrogen-bond donors (Lipinski definition) is 1. The van der Waals surface area contributed by atoms with E-state index in [1.54, 1.807) is 24.3 Å². The number of nitrogens with one attached hydrogen (secondary N) is 1. The van der Waals surface area contributed by atoms with E-state index < -0.39 is 10.0 Å². The number of rotatable bonds is 5. The Bertz CT molecular complexity index is 847. The van der Waals surface area contributed by atoms with Crippen molar-refractivity contribution < 1.29 is 13.2 Å². The minimum Gasteiger partial charge on any atom is -0.326 e. The first-order valence-electron chi connectivity index (χ1n) is 7.27. The molecular weight excluding hydrogens is 348 g/mol. The van der Waals surface area contributed by atoms with Crippen molar-refractivity contribution in [2.45, 2.75) is 18.2 Å². The molecule has 2 rings (SSSR count). The zero-order valence-electron chi connectivity index (χ0n) is 13.7. The zero-order chi connectivity index (χ0) is 17.9. The highest BCUT2D eigenvalue weighted by molar-refractivity contribution is 7.89. The van der Waals surface area contributed by atoms with Crippen LogP contribution < -0.4 is 5.32 Å². The summed E-state index contributed by atoms with van der Waals surface area (Å²) >= 11 is 5.93. The fraction of sp³-hybridized carbons (Fsp3) is 0.235. The van der Waals surface area contributed by atoms with Crippen molar-refractivity contribution >= 4 is 33.2 Å². The minimum atomic E-state index is -3.46. The molecule has 0 spiro atoms. The molecule has 0 saturated carbocycles. The van der Waals surface area contributed by atoms with Gasteiger partial charge in [0.1, 0.15) is 0 Å². The van der Waals surface area contributed by atoms with Crippen molar-refractivity contribution in [1.29, 1.82) is 0 Å². The van der Waals surface area contributed by atoms with Crippen molar-refractivity contribution in [1.82, 2.24) is 4.31 Å². The van der Waals surface area contributed by atoms with Crippen LogP contribution in [0.3, 0.4) is 0 Å². The van der Waals surface area contributed by atoms with Gasteiger partial charge < -0.3 is 5.32 Å². The topological polar surface area (TPSA) is 66.5 Å². The normalized spacial score (nSPS) is 11.5. The second kappa shape index (κ2) is 7.34. The van der Waals surface area contributed by atoms with Crippen LogP contribution in [0.5, 0.6) is 0 Å². The monoisotopic (exact) mass is 366 g/mol. The van der Waals surface area contributed by atoms with Crippen molar-refractivity contribution in [3.8, 4) is 0 Å². The molecule has 5 nitrogen and oxygen atoms in total. The molecule has 128 valence electrons. The average molecular weight is 367 g/mol. The lowest BCUT2D eigenvalue weighted by atomic mass is 10.1. The summed E-state index contributed by atoms with van der Waals surface area (Å²) in [6.07, 6.45) is 0.147. The van der Waals surface area contributed by atoms with E-state index in [2.05, 4.69) is 5.32 Å². The van der Waals surface area contributed by atoms with Crippen LogP contribution in [0.25, 0.3) is 0 Å². The molecule has 0 aromatic heterocycles. The third-order valence-electron chi connectivity index (χ3n) is 3.54. The Morgan fingerprint density at radius 1 is 1.12 bits per heavy atom. The van der Waals surface area contributed by atoms with Gasteiger partial charge in [0.2, 0.25) is 15.9 Å². The maximum Gasteiger partial charge on any atom is 0.242 e. The number of aryl methyl sites for hydroxylation is 1. The number of carbonyl (C=O) groups is 1. The molecule has 1 N–H and O–H groups in total. The van der Waals surface area contributed by atoms with Crippen LogP contribution in [0.15, 0.2) is 47.4 Å². The summed E-state index contributed by atoms with van der Waals surface area (Å²) in [6.45, 7) is 1.88. The van der Waals surface area contributed by atoms with E-state index in [0.29, 0.717) is 10.7 Å². The van der Waals surface area contributed by atoms with Crippen LogP contribution in [0.2, 0.25) is 5.02 Å². The molecule has 0 bridgehead atoms. The molecule has 0 unspecified atom stereocenters. The van der Waals surface area contributed by atoms with Gasteiger partial charge in [0.05, 0.1) is 11.3 Å². The Morgan fingerprint density at radius 2 is 1.75 bits per heavy atom. The number of benzene rings is 2. The van der Waals surface area contributed by atoms with Gasteiger partial charge in [-0.15, -0.1) is 0 Å². The molecular formula is C17H19ClN2O3S. The maximum atomic E-state index is 12.2. The van der Waals surface area contributed by atoms with Gasteiger partial charge in [-0.3, -0.25) is 4.79 Å². The van der Waals surface area contributed by atoms with Crippen molar-refractivity contribution in [3.05, 3.63) is 58.6 Å². The van der Waals surface area contributed by atoms with Crippen molar-refractivity contribution in [3.63, 3.8) is 0 Å². The van der Waals surface area contributed by atoms with E-state index in [-0.39, 0.29) is 17.2 Å². The standard InChI is InChI=1S/C17H19ClN2O3S/c1-12-4-7-14(18)11-16(12)19-17(21)10-13-5-8-15(9-6-13)24(22,23)20(2)3/h4-9,11H,10H2,1-3H3,(H,19,21). The van der Waals surface area contributed by atoms with E-state index in [1.807, 2.05) is 13.0 Å². The van der Waals surface area contributed by atoms with Gasteiger partial charge in [-0.05, 0) is 42.3 Å². The lowest BCUT2D eigenvalue weighted by Crippen LogP contribution is -2.22. The first-order valence-corrected chi connectivity index (χ1v) is 9.09. The van der Waals surface area contributed by atoms with E-state index in [9.17, 15) is 13.2 Å². The van der Waals surface area contributed by atoms with Gasteiger partial charge in [-0.1, -0.05) is 29.8 Å². The summed E-state index contributed by atoms with van der Waals surface area (Å²) < 4.78 is 25.2. The molecule has 2 aromatic carbocycles. The molecule has 0 aliphatic carbocycles. The van der Waals surface area contributed by atoms with Gasteiger partial charge >= 0.3 is 0 Å². The van der Waals surface area contributed by atoms with E-state index in [1.165, 1.54) is 26.2 Å². The molecule has 0 fully saturated rings. The average Bonchev–Trinajstić information content (AvgIpc) is 2.51. The highest BCUT2D eigenvalue weighted by atomic mass is 35.5. The van der Waals surface area contributed by atoms with Crippen LogP contribution in [0, 0.1) is 6.92 Å². The van der Waals surface area contributed by atoms with Gasteiger partial charge in [-0.25, -0.2) is 12.7 Å². The van der Waals surface area contributed by atoms with Crippen LogP contribution in [-0.4, -0.2) is 32.7 Å². The summed E-state index contributed by atoms with van der Waals surface area (Å²) in [4.78, 5) is 12.4. The summed E-state index contributed by atoms with van der Waals surface area (Å²) in [6, 6.07) is 11.6. The molecule has 7 heteroatoms. The van der Waals surface area contributed by atoms with Crippen LogP contribution in [0.1, 0.15) is 11.1 Å².